The Hall–Kier alpha value is -0.700. The van der Waals surface area contributed by atoms with Crippen LogP contribution in [-0.2, 0) is 9.47 Å². The quantitative estimate of drug-likeness (QED) is 0.595. The minimum absolute atomic E-state index is 0.0729. The molecule has 1 aliphatic heterocycles. The van der Waals surface area contributed by atoms with Crippen LogP contribution in [0.15, 0.2) is 12.0 Å². The monoisotopic (exact) mass is 130 g/mol. The van der Waals surface area contributed by atoms with E-state index in [0.717, 1.165) is 6.42 Å². The lowest BCUT2D eigenvalue weighted by Gasteiger charge is -2.06. The first-order valence-corrected chi connectivity index (χ1v) is 2.99. The summed E-state index contributed by atoms with van der Waals surface area (Å²) in [6, 6.07) is 0. The van der Waals surface area contributed by atoms with Gasteiger partial charge in [0.2, 0.25) is 6.29 Å². The van der Waals surface area contributed by atoms with E-state index in [1.54, 1.807) is 0 Å². The predicted octanol–water partition coefficient (Wildman–Crippen LogP) is 0.603. The second-order valence-corrected chi connectivity index (χ2v) is 1.83. The number of rotatable bonds is 2. The zero-order valence-electron chi connectivity index (χ0n) is 5.33. The van der Waals surface area contributed by atoms with Crippen molar-refractivity contribution in [3.63, 3.8) is 0 Å². The van der Waals surface area contributed by atoms with Crippen molar-refractivity contribution in [3.05, 3.63) is 12.0 Å². The topological polar surface area (TPSA) is 38.7 Å². The van der Waals surface area contributed by atoms with Gasteiger partial charge in [0.15, 0.2) is 5.76 Å². The van der Waals surface area contributed by atoms with Crippen LogP contribution in [0.25, 0.3) is 0 Å². The predicted molar refractivity (Wildman–Crippen MR) is 31.4 cm³/mol. The van der Waals surface area contributed by atoms with Gasteiger partial charge in [-0.15, -0.1) is 0 Å². The van der Waals surface area contributed by atoms with E-state index in [1.165, 1.54) is 6.26 Å². The van der Waals surface area contributed by atoms with Gasteiger partial charge in [-0.1, -0.05) is 6.92 Å². The molecule has 0 amide bonds. The Balaban J connectivity index is 2.31. The molecule has 0 aliphatic carbocycles. The second-order valence-electron chi connectivity index (χ2n) is 1.83. The molecule has 0 radical (unpaired) electrons. The van der Waals surface area contributed by atoms with E-state index in [1.807, 2.05) is 6.92 Å². The fraction of sp³-hybridized carbons (Fsp3) is 0.667. The molecular formula is C6H10O3. The van der Waals surface area contributed by atoms with Crippen molar-refractivity contribution in [2.75, 3.05) is 6.61 Å². The Labute approximate surface area is 53.9 Å². The molecule has 9 heavy (non-hydrogen) atoms. The zero-order valence-corrected chi connectivity index (χ0v) is 5.33. The van der Waals surface area contributed by atoms with E-state index >= 15 is 0 Å². The van der Waals surface area contributed by atoms with E-state index in [0.29, 0.717) is 5.76 Å². The van der Waals surface area contributed by atoms with Gasteiger partial charge in [-0.2, -0.15) is 0 Å². The number of aliphatic hydroxyl groups excluding tert-OH is 1. The average Bonchev–Trinajstić information content (AvgIpc) is 2.34. The van der Waals surface area contributed by atoms with E-state index < -0.39 is 0 Å². The largest absolute Gasteiger partial charge is 0.459 e. The highest BCUT2D eigenvalue weighted by Crippen LogP contribution is 2.14. The van der Waals surface area contributed by atoms with Gasteiger partial charge in [-0.3, -0.25) is 0 Å². The summed E-state index contributed by atoms with van der Waals surface area (Å²) in [6.07, 6.45) is 2.08. The van der Waals surface area contributed by atoms with Crippen LogP contribution in [0.1, 0.15) is 13.3 Å². The fourth-order valence-electron chi connectivity index (χ4n) is 0.630. The third kappa shape index (κ3) is 1.36. The van der Waals surface area contributed by atoms with Crippen LogP contribution in [0, 0.1) is 0 Å². The van der Waals surface area contributed by atoms with Crippen LogP contribution in [0.2, 0.25) is 0 Å². The van der Waals surface area contributed by atoms with Gasteiger partial charge in [0.1, 0.15) is 12.9 Å². The molecule has 0 saturated heterocycles. The van der Waals surface area contributed by atoms with Gasteiger partial charge in [-0.05, 0) is 0 Å². The normalized spacial score (nSPS) is 24.7. The van der Waals surface area contributed by atoms with Gasteiger partial charge in [0, 0.05) is 6.42 Å². The zero-order chi connectivity index (χ0) is 6.69. The minimum Gasteiger partial charge on any atom is -0.459 e. The summed E-state index contributed by atoms with van der Waals surface area (Å²) in [4.78, 5) is 0. The molecule has 1 atom stereocenters. The Bertz CT molecular complexity index is 119. The van der Waals surface area contributed by atoms with Crippen molar-refractivity contribution in [2.24, 2.45) is 0 Å². The highest BCUT2D eigenvalue weighted by molar-refractivity contribution is 4.91. The maximum atomic E-state index is 8.51. The van der Waals surface area contributed by atoms with E-state index in [9.17, 15) is 0 Å². The summed E-state index contributed by atoms with van der Waals surface area (Å²) in [5.74, 6) is 0.516. The molecule has 1 unspecified atom stereocenters. The summed E-state index contributed by atoms with van der Waals surface area (Å²) in [6.45, 7) is 1.88. The fourth-order valence-corrected chi connectivity index (χ4v) is 0.630. The summed E-state index contributed by atoms with van der Waals surface area (Å²) < 4.78 is 10.0. The third-order valence-corrected chi connectivity index (χ3v) is 1.12. The highest BCUT2D eigenvalue weighted by atomic mass is 16.7. The van der Waals surface area contributed by atoms with Gasteiger partial charge in [0.05, 0.1) is 0 Å². The van der Waals surface area contributed by atoms with E-state index in [-0.39, 0.29) is 12.9 Å². The molecule has 0 spiro atoms. The third-order valence-electron chi connectivity index (χ3n) is 1.12. The molecule has 0 aromatic rings. The Morgan fingerprint density at radius 3 is 2.89 bits per heavy atom. The summed E-state index contributed by atoms with van der Waals surface area (Å²) in [5.41, 5.74) is 0. The molecular weight excluding hydrogens is 120 g/mol. The lowest BCUT2D eigenvalue weighted by atomic mass is 10.5. The van der Waals surface area contributed by atoms with Gasteiger partial charge in [-0.25, -0.2) is 0 Å². The molecule has 1 heterocycles. The van der Waals surface area contributed by atoms with Crippen molar-refractivity contribution in [1.82, 2.24) is 0 Å². The minimum atomic E-state index is -0.174. The molecule has 0 aromatic carbocycles. The standard InChI is InChI=1S/C6H10O3/c1-2-6-8-4-5(3-7)9-6/h4,6-7H,2-3H2,1H3. The van der Waals surface area contributed by atoms with Gasteiger partial charge in [0.25, 0.3) is 0 Å². The Morgan fingerprint density at radius 1 is 1.78 bits per heavy atom. The smallest absolute Gasteiger partial charge is 0.239 e. The van der Waals surface area contributed by atoms with Crippen LogP contribution < -0.4 is 0 Å². The highest BCUT2D eigenvalue weighted by Gasteiger charge is 2.15. The maximum Gasteiger partial charge on any atom is 0.239 e. The van der Waals surface area contributed by atoms with Crippen LogP contribution in [0.3, 0.4) is 0 Å². The van der Waals surface area contributed by atoms with Gasteiger partial charge >= 0.3 is 0 Å². The Morgan fingerprint density at radius 2 is 2.56 bits per heavy atom. The molecule has 1 rings (SSSR count). The number of aliphatic hydroxyl groups is 1. The van der Waals surface area contributed by atoms with Crippen molar-refractivity contribution >= 4 is 0 Å². The van der Waals surface area contributed by atoms with Crippen molar-refractivity contribution in [1.29, 1.82) is 0 Å². The van der Waals surface area contributed by atoms with Crippen LogP contribution in [0.5, 0.6) is 0 Å². The SMILES string of the molecule is CCC1OC=C(CO)O1. The second kappa shape index (κ2) is 2.73. The lowest BCUT2D eigenvalue weighted by Crippen LogP contribution is -2.06. The van der Waals surface area contributed by atoms with Gasteiger partial charge < -0.3 is 14.6 Å². The number of hydrogen-bond acceptors (Lipinski definition) is 3. The van der Waals surface area contributed by atoms with E-state index in [4.69, 9.17) is 14.6 Å². The first-order chi connectivity index (χ1) is 4.36. The summed E-state index contributed by atoms with van der Waals surface area (Å²) in [5, 5.41) is 8.51. The molecule has 1 N–H and O–H groups in total. The average molecular weight is 130 g/mol. The molecule has 3 nitrogen and oxygen atoms in total. The van der Waals surface area contributed by atoms with Crippen LogP contribution >= 0.6 is 0 Å². The molecule has 3 heteroatoms. The summed E-state index contributed by atoms with van der Waals surface area (Å²) >= 11 is 0. The van der Waals surface area contributed by atoms with Crippen molar-refractivity contribution < 1.29 is 14.6 Å². The van der Waals surface area contributed by atoms with Crippen LogP contribution in [0.4, 0.5) is 0 Å². The molecule has 0 bridgehead atoms. The molecule has 0 aromatic heterocycles. The van der Waals surface area contributed by atoms with Crippen molar-refractivity contribution in [2.45, 2.75) is 19.6 Å². The number of ether oxygens (including phenoxy) is 2. The lowest BCUT2D eigenvalue weighted by molar-refractivity contribution is -0.0384. The van der Waals surface area contributed by atoms with Crippen molar-refractivity contribution in [3.8, 4) is 0 Å². The molecule has 0 fully saturated rings. The Kier molecular flexibility index (Phi) is 1.95. The first kappa shape index (κ1) is 6.42. The summed E-state index contributed by atoms with van der Waals surface area (Å²) in [7, 11) is 0. The van der Waals surface area contributed by atoms with Crippen LogP contribution in [-0.4, -0.2) is 18.0 Å². The van der Waals surface area contributed by atoms with E-state index in [2.05, 4.69) is 0 Å². The first-order valence-electron chi connectivity index (χ1n) is 2.99. The maximum absolute atomic E-state index is 8.51. The number of hydrogen-bond donors (Lipinski definition) is 1. The molecule has 1 aliphatic rings. The molecule has 52 valence electrons. The molecule has 0 saturated carbocycles.